The number of anilines is 2. The Morgan fingerprint density at radius 2 is 1.95 bits per heavy atom. The van der Waals surface area contributed by atoms with Gasteiger partial charge in [-0.25, -0.2) is 5.84 Å². The molecule has 0 aliphatic carbocycles. The molecule has 0 aliphatic rings. The van der Waals surface area contributed by atoms with Crippen molar-refractivity contribution in [3.05, 3.63) is 6.20 Å². The molecule has 8 heteroatoms. The topological polar surface area (TPSA) is 125 Å². The molecule has 0 aliphatic heterocycles. The van der Waals surface area contributed by atoms with Gasteiger partial charge in [-0.05, 0) is 27.7 Å². The van der Waals surface area contributed by atoms with Crippen molar-refractivity contribution in [2.24, 2.45) is 5.84 Å². The third kappa shape index (κ3) is 2.45. The number of hydrogen-bond acceptors (Lipinski definition) is 7. The van der Waals surface area contributed by atoms with E-state index in [9.17, 15) is 5.11 Å². The van der Waals surface area contributed by atoms with E-state index in [2.05, 4.69) is 30.9 Å². The summed E-state index contributed by atoms with van der Waals surface area (Å²) in [5.41, 5.74) is 1.43. The standard InChI is InChI=1S/C11H19N7O/c1-10(2,11(3,4)19)16-7-6-5-13-18-8(6)15-9(14-7)17-12/h5,19H,12H2,1-4H3,(H3,13,14,15,16,17,18). The zero-order chi connectivity index (χ0) is 14.3. The largest absolute Gasteiger partial charge is 0.388 e. The van der Waals surface area contributed by atoms with Gasteiger partial charge >= 0.3 is 0 Å². The number of hydrogen-bond donors (Lipinski definition) is 5. The second-order valence-corrected chi connectivity index (χ2v) is 5.48. The second-order valence-electron chi connectivity index (χ2n) is 5.48. The van der Waals surface area contributed by atoms with E-state index in [1.165, 1.54) is 0 Å². The summed E-state index contributed by atoms with van der Waals surface area (Å²) in [4.78, 5) is 8.40. The van der Waals surface area contributed by atoms with Gasteiger partial charge in [-0.3, -0.25) is 10.5 Å². The first kappa shape index (κ1) is 13.5. The fourth-order valence-electron chi connectivity index (χ4n) is 1.44. The Morgan fingerprint density at radius 1 is 1.26 bits per heavy atom. The summed E-state index contributed by atoms with van der Waals surface area (Å²) < 4.78 is 0. The van der Waals surface area contributed by atoms with Crippen LogP contribution in [0.25, 0.3) is 11.0 Å². The minimum atomic E-state index is -0.940. The van der Waals surface area contributed by atoms with Crippen LogP contribution in [-0.4, -0.2) is 36.4 Å². The van der Waals surface area contributed by atoms with E-state index in [1.54, 1.807) is 20.0 Å². The molecule has 0 unspecified atom stereocenters. The number of aliphatic hydroxyl groups is 1. The third-order valence-electron chi connectivity index (χ3n) is 3.40. The van der Waals surface area contributed by atoms with Gasteiger partial charge in [-0.2, -0.15) is 15.1 Å². The number of aromatic nitrogens is 4. The Hall–Kier alpha value is -1.93. The Morgan fingerprint density at radius 3 is 2.53 bits per heavy atom. The van der Waals surface area contributed by atoms with Crippen molar-refractivity contribution >= 4 is 22.8 Å². The Labute approximate surface area is 110 Å². The maximum atomic E-state index is 10.2. The van der Waals surface area contributed by atoms with Crippen molar-refractivity contribution in [2.75, 3.05) is 10.7 Å². The molecule has 19 heavy (non-hydrogen) atoms. The van der Waals surface area contributed by atoms with Crippen LogP contribution in [0.3, 0.4) is 0 Å². The van der Waals surface area contributed by atoms with Crippen LogP contribution in [-0.2, 0) is 0 Å². The smallest absolute Gasteiger partial charge is 0.241 e. The summed E-state index contributed by atoms with van der Waals surface area (Å²) in [6.07, 6.45) is 1.62. The molecule has 0 spiro atoms. The van der Waals surface area contributed by atoms with Crippen LogP contribution in [0.4, 0.5) is 11.8 Å². The van der Waals surface area contributed by atoms with Crippen LogP contribution in [0, 0.1) is 0 Å². The van der Waals surface area contributed by atoms with Crippen molar-refractivity contribution in [3.63, 3.8) is 0 Å². The number of fused-ring (bicyclic) bond motifs is 1. The lowest BCUT2D eigenvalue weighted by Gasteiger charge is -2.38. The van der Waals surface area contributed by atoms with E-state index in [0.717, 1.165) is 5.39 Å². The number of aromatic amines is 1. The average molecular weight is 265 g/mol. The molecule has 8 nitrogen and oxygen atoms in total. The summed E-state index contributed by atoms with van der Waals surface area (Å²) in [6, 6.07) is 0. The fraction of sp³-hybridized carbons (Fsp3) is 0.545. The van der Waals surface area contributed by atoms with Crippen LogP contribution < -0.4 is 16.6 Å². The molecule has 104 valence electrons. The minimum Gasteiger partial charge on any atom is -0.388 e. The van der Waals surface area contributed by atoms with Crippen LogP contribution in [0.1, 0.15) is 27.7 Å². The molecule has 2 aromatic rings. The van der Waals surface area contributed by atoms with E-state index in [-0.39, 0.29) is 5.95 Å². The normalized spacial score (nSPS) is 12.7. The number of nitrogen functional groups attached to an aromatic ring is 1. The molecule has 2 aromatic heterocycles. The van der Waals surface area contributed by atoms with E-state index in [4.69, 9.17) is 5.84 Å². The summed E-state index contributed by atoms with van der Waals surface area (Å²) in [6.45, 7) is 7.23. The SMILES string of the molecule is CC(C)(O)C(C)(C)Nc1nc(NN)nc2[nH]ncc12. The molecular formula is C11H19N7O. The van der Waals surface area contributed by atoms with E-state index < -0.39 is 11.1 Å². The van der Waals surface area contributed by atoms with Crippen LogP contribution >= 0.6 is 0 Å². The van der Waals surface area contributed by atoms with E-state index in [0.29, 0.717) is 11.5 Å². The van der Waals surface area contributed by atoms with Gasteiger partial charge in [0.05, 0.1) is 22.7 Å². The molecule has 0 atom stereocenters. The van der Waals surface area contributed by atoms with Gasteiger partial charge in [-0.15, -0.1) is 0 Å². The van der Waals surface area contributed by atoms with Crippen LogP contribution in [0.5, 0.6) is 0 Å². The van der Waals surface area contributed by atoms with Gasteiger partial charge in [0.25, 0.3) is 0 Å². The first-order chi connectivity index (χ1) is 8.74. The van der Waals surface area contributed by atoms with Gasteiger partial charge < -0.3 is 10.4 Å². The molecule has 0 aromatic carbocycles. The second kappa shape index (κ2) is 4.32. The zero-order valence-electron chi connectivity index (χ0n) is 11.4. The summed E-state index contributed by atoms with van der Waals surface area (Å²) in [5.74, 6) is 6.17. The molecule has 6 N–H and O–H groups in total. The molecule has 0 saturated carbocycles. The molecule has 0 bridgehead atoms. The van der Waals surface area contributed by atoms with Crippen molar-refractivity contribution in [3.8, 4) is 0 Å². The van der Waals surface area contributed by atoms with Crippen molar-refractivity contribution in [1.82, 2.24) is 20.2 Å². The quantitative estimate of drug-likeness (QED) is 0.405. The fourth-order valence-corrected chi connectivity index (χ4v) is 1.44. The summed E-state index contributed by atoms with van der Waals surface area (Å²) in [5, 5.41) is 20.8. The maximum Gasteiger partial charge on any atom is 0.241 e. The highest BCUT2D eigenvalue weighted by Gasteiger charge is 2.35. The predicted octanol–water partition coefficient (Wildman–Crippen LogP) is 0.600. The van der Waals surface area contributed by atoms with E-state index >= 15 is 0 Å². The Kier molecular flexibility index (Phi) is 3.07. The number of nitrogens with one attached hydrogen (secondary N) is 3. The highest BCUT2D eigenvalue weighted by atomic mass is 16.3. The number of rotatable bonds is 4. The zero-order valence-corrected chi connectivity index (χ0v) is 11.4. The molecule has 2 heterocycles. The minimum absolute atomic E-state index is 0.269. The highest BCUT2D eigenvalue weighted by molar-refractivity contribution is 5.87. The lowest BCUT2D eigenvalue weighted by molar-refractivity contribution is 0.0239. The number of nitrogens with two attached hydrogens (primary N) is 1. The van der Waals surface area contributed by atoms with Crippen LogP contribution in [0.2, 0.25) is 0 Å². The number of hydrazine groups is 1. The predicted molar refractivity (Wildman–Crippen MR) is 73.5 cm³/mol. The molecular weight excluding hydrogens is 246 g/mol. The van der Waals surface area contributed by atoms with E-state index in [1.807, 2.05) is 13.8 Å². The van der Waals surface area contributed by atoms with Crippen LogP contribution in [0.15, 0.2) is 6.20 Å². The first-order valence-corrected chi connectivity index (χ1v) is 5.93. The van der Waals surface area contributed by atoms with Gasteiger partial charge in [0.1, 0.15) is 5.82 Å². The van der Waals surface area contributed by atoms with Crippen molar-refractivity contribution < 1.29 is 5.11 Å². The summed E-state index contributed by atoms with van der Waals surface area (Å²) >= 11 is 0. The van der Waals surface area contributed by atoms with Gasteiger partial charge in [0.15, 0.2) is 5.65 Å². The molecule has 0 radical (unpaired) electrons. The number of nitrogens with zero attached hydrogens (tertiary/aromatic N) is 3. The summed E-state index contributed by atoms with van der Waals surface area (Å²) in [7, 11) is 0. The maximum absolute atomic E-state index is 10.2. The lowest BCUT2D eigenvalue weighted by Crippen LogP contribution is -2.51. The van der Waals surface area contributed by atoms with Crippen molar-refractivity contribution in [1.29, 1.82) is 0 Å². The number of H-pyrrole nitrogens is 1. The lowest BCUT2D eigenvalue weighted by atomic mass is 9.86. The molecule has 0 saturated heterocycles. The molecule has 0 amide bonds. The van der Waals surface area contributed by atoms with Crippen molar-refractivity contribution in [2.45, 2.75) is 38.8 Å². The van der Waals surface area contributed by atoms with Gasteiger partial charge in [-0.1, -0.05) is 0 Å². The highest BCUT2D eigenvalue weighted by Crippen LogP contribution is 2.28. The molecule has 2 rings (SSSR count). The Bertz CT molecular complexity index is 584. The van der Waals surface area contributed by atoms with Gasteiger partial charge in [0.2, 0.25) is 5.95 Å². The monoisotopic (exact) mass is 265 g/mol. The van der Waals surface area contributed by atoms with Gasteiger partial charge in [0, 0.05) is 0 Å². The first-order valence-electron chi connectivity index (χ1n) is 5.93. The average Bonchev–Trinajstić information content (AvgIpc) is 2.75. The third-order valence-corrected chi connectivity index (χ3v) is 3.40. The Balaban J connectivity index is 2.47. The molecule has 0 fully saturated rings.